The van der Waals surface area contributed by atoms with Gasteiger partial charge in [-0.3, -0.25) is 4.79 Å². The van der Waals surface area contributed by atoms with Crippen molar-refractivity contribution in [2.24, 2.45) is 0 Å². The van der Waals surface area contributed by atoms with Gasteiger partial charge in [0.2, 0.25) is 17.6 Å². The number of nitrogens with one attached hydrogen (secondary N) is 1. The van der Waals surface area contributed by atoms with Gasteiger partial charge in [0.15, 0.2) is 0 Å². The molecule has 1 heterocycles. The molecule has 0 unspecified atom stereocenters. The Morgan fingerprint density at radius 3 is 2.28 bits per heavy atom. The molecule has 1 amide bonds. The van der Waals surface area contributed by atoms with E-state index in [9.17, 15) is 9.18 Å². The van der Waals surface area contributed by atoms with E-state index in [-0.39, 0.29) is 24.4 Å². The number of aromatic nitrogens is 2. The van der Waals surface area contributed by atoms with Crippen LogP contribution in [0.3, 0.4) is 0 Å². The molecule has 3 aromatic carbocycles. The summed E-state index contributed by atoms with van der Waals surface area (Å²) in [5.74, 6) is 0.0342. The van der Waals surface area contributed by atoms with E-state index in [4.69, 9.17) is 4.52 Å². The van der Waals surface area contributed by atoms with Gasteiger partial charge >= 0.3 is 0 Å². The largest absolute Gasteiger partial charge is 0.339 e. The molecule has 0 fully saturated rings. The first kappa shape index (κ1) is 18.6. The van der Waals surface area contributed by atoms with Gasteiger partial charge in [-0.05, 0) is 23.3 Å². The third-order valence-corrected chi connectivity index (χ3v) is 4.43. The molecule has 5 nitrogen and oxygen atoms in total. The summed E-state index contributed by atoms with van der Waals surface area (Å²) < 4.78 is 18.8. The van der Waals surface area contributed by atoms with Crippen molar-refractivity contribution in [2.75, 3.05) is 5.32 Å². The summed E-state index contributed by atoms with van der Waals surface area (Å²) in [5.41, 5.74) is 3.22. The highest BCUT2D eigenvalue weighted by molar-refractivity contribution is 5.90. The molecular formula is C23H18FN3O2. The van der Waals surface area contributed by atoms with Gasteiger partial charge < -0.3 is 9.84 Å². The first-order valence-electron chi connectivity index (χ1n) is 9.22. The fourth-order valence-corrected chi connectivity index (χ4v) is 2.91. The van der Waals surface area contributed by atoms with Crippen LogP contribution in [-0.2, 0) is 11.2 Å². The van der Waals surface area contributed by atoms with E-state index in [0.717, 1.165) is 16.7 Å². The Morgan fingerprint density at radius 1 is 0.862 bits per heavy atom. The Morgan fingerprint density at radius 2 is 1.52 bits per heavy atom. The zero-order chi connectivity index (χ0) is 20.1. The number of nitrogens with zero attached hydrogens (tertiary/aromatic N) is 2. The smallest absolute Gasteiger partial charge is 0.227 e. The highest BCUT2D eigenvalue weighted by atomic mass is 19.1. The Bertz CT molecular complexity index is 1110. The summed E-state index contributed by atoms with van der Waals surface area (Å²) in [6, 6.07) is 24.0. The van der Waals surface area contributed by atoms with Crippen molar-refractivity contribution in [1.82, 2.24) is 10.1 Å². The van der Waals surface area contributed by atoms with Crippen molar-refractivity contribution in [3.8, 4) is 22.5 Å². The first-order valence-corrected chi connectivity index (χ1v) is 9.22. The molecule has 1 aromatic heterocycles. The Kier molecular flexibility index (Phi) is 5.42. The van der Waals surface area contributed by atoms with Crippen LogP contribution in [0.2, 0.25) is 0 Å². The second kappa shape index (κ2) is 8.48. The first-order chi connectivity index (χ1) is 14.2. The van der Waals surface area contributed by atoms with Crippen LogP contribution < -0.4 is 5.32 Å². The minimum atomic E-state index is -0.472. The molecular weight excluding hydrogens is 369 g/mol. The van der Waals surface area contributed by atoms with Crippen molar-refractivity contribution in [3.63, 3.8) is 0 Å². The van der Waals surface area contributed by atoms with Gasteiger partial charge in [-0.2, -0.15) is 4.98 Å². The molecule has 1 N–H and O–H groups in total. The molecule has 144 valence electrons. The van der Waals surface area contributed by atoms with Gasteiger partial charge in [-0.25, -0.2) is 4.39 Å². The lowest BCUT2D eigenvalue weighted by molar-refractivity contribution is -0.116. The van der Waals surface area contributed by atoms with Crippen LogP contribution in [0.4, 0.5) is 10.1 Å². The van der Waals surface area contributed by atoms with E-state index >= 15 is 0 Å². The molecule has 0 radical (unpaired) electrons. The SMILES string of the molecule is O=C(CCc1nc(-c2ccc(-c3ccccc3)cc2)no1)Nc1ccccc1F. The van der Waals surface area contributed by atoms with Crippen LogP contribution in [0.25, 0.3) is 22.5 Å². The molecule has 0 saturated heterocycles. The summed E-state index contributed by atoms with van der Waals surface area (Å²) in [6.07, 6.45) is 0.387. The summed E-state index contributed by atoms with van der Waals surface area (Å²) in [4.78, 5) is 16.4. The lowest BCUT2D eigenvalue weighted by Crippen LogP contribution is -2.13. The number of carbonyl (C=O) groups is 1. The third-order valence-electron chi connectivity index (χ3n) is 4.43. The highest BCUT2D eigenvalue weighted by Gasteiger charge is 2.12. The maximum absolute atomic E-state index is 13.6. The van der Waals surface area contributed by atoms with Crippen LogP contribution in [0.15, 0.2) is 83.4 Å². The number of hydrogen-bond donors (Lipinski definition) is 1. The fourth-order valence-electron chi connectivity index (χ4n) is 2.91. The van der Waals surface area contributed by atoms with Crippen LogP contribution in [0.1, 0.15) is 12.3 Å². The molecule has 0 bridgehead atoms. The van der Waals surface area contributed by atoms with Crippen molar-refractivity contribution in [2.45, 2.75) is 12.8 Å². The number of rotatable bonds is 6. The lowest BCUT2D eigenvalue weighted by atomic mass is 10.0. The highest BCUT2D eigenvalue weighted by Crippen LogP contribution is 2.23. The van der Waals surface area contributed by atoms with Crippen molar-refractivity contribution < 1.29 is 13.7 Å². The Labute approximate surface area is 167 Å². The van der Waals surface area contributed by atoms with Crippen LogP contribution in [0, 0.1) is 5.82 Å². The second-order valence-electron chi connectivity index (χ2n) is 6.48. The van der Waals surface area contributed by atoms with Crippen LogP contribution in [0.5, 0.6) is 0 Å². The second-order valence-corrected chi connectivity index (χ2v) is 6.48. The number of anilines is 1. The van der Waals surface area contributed by atoms with Gasteiger partial charge in [0.1, 0.15) is 5.82 Å². The third kappa shape index (κ3) is 4.55. The van der Waals surface area contributed by atoms with Gasteiger partial charge in [0, 0.05) is 18.4 Å². The number of para-hydroxylation sites is 1. The maximum atomic E-state index is 13.6. The quantitative estimate of drug-likeness (QED) is 0.499. The number of amides is 1. The Balaban J connectivity index is 1.37. The standard InChI is InChI=1S/C23H18FN3O2/c24-19-8-4-5-9-20(19)25-21(28)14-15-22-26-23(27-29-22)18-12-10-17(11-13-18)16-6-2-1-3-7-16/h1-13H,14-15H2,(H,25,28). The molecule has 0 spiro atoms. The fraction of sp³-hybridized carbons (Fsp3) is 0.0870. The minimum Gasteiger partial charge on any atom is -0.339 e. The number of hydrogen-bond acceptors (Lipinski definition) is 4. The molecule has 0 aliphatic rings. The average molecular weight is 387 g/mol. The van der Waals surface area contributed by atoms with Crippen molar-refractivity contribution >= 4 is 11.6 Å². The summed E-state index contributed by atoms with van der Waals surface area (Å²) in [5, 5.41) is 6.52. The van der Waals surface area contributed by atoms with E-state index in [1.807, 2.05) is 54.6 Å². The molecule has 0 aliphatic carbocycles. The van der Waals surface area contributed by atoms with E-state index in [1.54, 1.807) is 12.1 Å². The van der Waals surface area contributed by atoms with Crippen molar-refractivity contribution in [1.29, 1.82) is 0 Å². The molecule has 6 heteroatoms. The van der Waals surface area contributed by atoms with Gasteiger partial charge in [-0.15, -0.1) is 0 Å². The maximum Gasteiger partial charge on any atom is 0.227 e. The summed E-state index contributed by atoms with van der Waals surface area (Å²) >= 11 is 0. The molecule has 0 saturated carbocycles. The van der Waals surface area contributed by atoms with Crippen LogP contribution >= 0.6 is 0 Å². The number of carbonyl (C=O) groups excluding carboxylic acids is 1. The monoisotopic (exact) mass is 387 g/mol. The predicted molar refractivity (Wildman–Crippen MR) is 109 cm³/mol. The molecule has 0 aliphatic heterocycles. The molecule has 0 atom stereocenters. The lowest BCUT2D eigenvalue weighted by Gasteiger charge is -2.04. The summed E-state index contributed by atoms with van der Waals surface area (Å²) in [6.45, 7) is 0. The van der Waals surface area contributed by atoms with Crippen LogP contribution in [-0.4, -0.2) is 16.0 Å². The number of halogens is 1. The normalized spacial score (nSPS) is 10.7. The van der Waals surface area contributed by atoms with E-state index < -0.39 is 5.82 Å². The average Bonchev–Trinajstić information content (AvgIpc) is 3.24. The molecule has 4 aromatic rings. The predicted octanol–water partition coefficient (Wildman–Crippen LogP) is 5.11. The topological polar surface area (TPSA) is 68.0 Å². The zero-order valence-corrected chi connectivity index (χ0v) is 15.5. The van der Waals surface area contributed by atoms with Gasteiger partial charge in [-0.1, -0.05) is 71.9 Å². The number of benzene rings is 3. The minimum absolute atomic E-state index is 0.114. The van der Waals surface area contributed by atoms with Gasteiger partial charge in [0.05, 0.1) is 5.69 Å². The zero-order valence-electron chi connectivity index (χ0n) is 15.5. The van der Waals surface area contributed by atoms with E-state index in [2.05, 4.69) is 15.5 Å². The molecule has 29 heavy (non-hydrogen) atoms. The van der Waals surface area contributed by atoms with Crippen molar-refractivity contribution in [3.05, 3.63) is 90.6 Å². The van der Waals surface area contributed by atoms with E-state index in [1.165, 1.54) is 12.1 Å². The Hall–Kier alpha value is -3.80. The summed E-state index contributed by atoms with van der Waals surface area (Å²) in [7, 11) is 0. The van der Waals surface area contributed by atoms with Gasteiger partial charge in [0.25, 0.3) is 0 Å². The van der Waals surface area contributed by atoms with E-state index in [0.29, 0.717) is 11.7 Å². The molecule has 4 rings (SSSR count). The number of aryl methyl sites for hydroxylation is 1.